The van der Waals surface area contributed by atoms with Crippen LogP contribution in [0.4, 0.5) is 0 Å². The summed E-state index contributed by atoms with van der Waals surface area (Å²) >= 11 is 0. The lowest BCUT2D eigenvalue weighted by Crippen LogP contribution is -2.26. The minimum Gasteiger partial charge on any atom is -0.417 e. The molecule has 3 unspecified atom stereocenters. The Hall–Kier alpha value is -3.22. The molecule has 0 radical (unpaired) electrons. The highest BCUT2D eigenvalue weighted by Gasteiger charge is 2.32. The van der Waals surface area contributed by atoms with Crippen molar-refractivity contribution in [2.24, 2.45) is 0 Å². The van der Waals surface area contributed by atoms with Crippen molar-refractivity contribution in [2.45, 2.75) is 172 Å². The van der Waals surface area contributed by atoms with Crippen molar-refractivity contribution in [2.75, 3.05) is 19.8 Å². The summed E-state index contributed by atoms with van der Waals surface area (Å²) in [7, 11) is -3.74. The van der Waals surface area contributed by atoms with Gasteiger partial charge < -0.3 is 27.6 Å². The maximum absolute atomic E-state index is 6.77. The van der Waals surface area contributed by atoms with Crippen LogP contribution < -0.4 is 18.1 Å². The van der Waals surface area contributed by atoms with Crippen LogP contribution in [0, 0.1) is 27.7 Å². The van der Waals surface area contributed by atoms with Gasteiger partial charge in [-0.1, -0.05) is 156 Å². The summed E-state index contributed by atoms with van der Waals surface area (Å²) in [5.74, 6) is 3.15. The highest BCUT2D eigenvalue weighted by atomic mass is 31.2. The fraction of sp³-hybridized carbons (Fsp3) is 0.547. The Bertz CT molecular complexity index is 1960. The number of para-hydroxylation sites is 4. The summed E-state index contributed by atoms with van der Waals surface area (Å²) in [6.45, 7) is 41.4. The normalized spacial score (nSPS) is 14.2. The molecule has 0 spiro atoms. The van der Waals surface area contributed by atoms with Gasteiger partial charge in [0.05, 0.1) is 38.1 Å². The Morgan fingerprint density at radius 2 is 0.651 bits per heavy atom. The maximum atomic E-state index is 6.77. The van der Waals surface area contributed by atoms with Gasteiger partial charge in [0.15, 0.2) is 0 Å². The van der Waals surface area contributed by atoms with Crippen LogP contribution in [0.1, 0.15) is 148 Å². The lowest BCUT2D eigenvalue weighted by atomic mass is 9.85. The number of hydrogen-bond acceptors (Lipinski definition) is 8. The number of hydrogen-bond donors (Lipinski definition) is 0. The molecule has 0 amide bonds. The monoisotopic (exact) mass is 905 g/mol. The zero-order valence-corrected chi connectivity index (χ0v) is 43.7. The van der Waals surface area contributed by atoms with Crippen LogP contribution in [0.2, 0.25) is 0 Å². The van der Waals surface area contributed by atoms with Crippen molar-refractivity contribution in [1.29, 1.82) is 0 Å². The first kappa shape index (κ1) is 52.4. The lowest BCUT2D eigenvalue weighted by molar-refractivity contribution is -0.0579. The molecule has 348 valence electrons. The number of benzene rings is 4. The van der Waals surface area contributed by atoms with Crippen LogP contribution in [-0.2, 0) is 40.2 Å². The molecule has 4 aromatic carbocycles. The van der Waals surface area contributed by atoms with Gasteiger partial charge in [-0.3, -0.25) is 9.05 Å². The fourth-order valence-corrected chi connectivity index (χ4v) is 9.45. The van der Waals surface area contributed by atoms with E-state index in [1.165, 1.54) is 0 Å². The van der Waals surface area contributed by atoms with Gasteiger partial charge in [0.1, 0.15) is 23.0 Å². The molecule has 0 bridgehead atoms. The second-order valence-electron chi connectivity index (χ2n) is 21.1. The van der Waals surface area contributed by atoms with Gasteiger partial charge in [-0.15, -0.1) is 0 Å². The topological polar surface area (TPSA) is 73.8 Å². The van der Waals surface area contributed by atoms with Crippen molar-refractivity contribution in [1.82, 2.24) is 0 Å². The zero-order chi connectivity index (χ0) is 47.1. The van der Waals surface area contributed by atoms with Gasteiger partial charge >= 0.3 is 17.2 Å². The van der Waals surface area contributed by atoms with E-state index in [1.54, 1.807) is 0 Å². The molecule has 0 heterocycles. The Morgan fingerprint density at radius 3 is 0.952 bits per heavy atom. The average Bonchev–Trinajstić information content (AvgIpc) is 3.16. The van der Waals surface area contributed by atoms with E-state index in [9.17, 15) is 0 Å². The molecule has 0 aliphatic rings. The molecule has 4 aromatic rings. The van der Waals surface area contributed by atoms with Gasteiger partial charge in [0.2, 0.25) is 0 Å². The minimum atomic E-state index is -1.88. The summed E-state index contributed by atoms with van der Waals surface area (Å²) in [4.78, 5) is 0. The van der Waals surface area contributed by atoms with Gasteiger partial charge in [0.25, 0.3) is 0 Å². The van der Waals surface area contributed by atoms with Crippen LogP contribution in [-0.4, -0.2) is 38.1 Å². The molecule has 0 aliphatic heterocycles. The average molecular weight is 905 g/mol. The standard InChI is InChI=1S/C53H78O8P2/c1-35-24-20-28-42(50(8,9)10)46(35)58-62(59-47-36(2)25-21-29-43(47)51(11,12)13)56-34-40(6)54-32-39(5)55-33-41(7)57-63(60-48-37(3)26-22-30-44(48)52(14,15)16)61-49-38(4)27-23-31-45(49)53(17,18)19/h20-31,39-41H,32-34H2,1-19H3. The van der Waals surface area contributed by atoms with Crippen LogP contribution in [0.15, 0.2) is 72.8 Å². The van der Waals surface area contributed by atoms with Gasteiger partial charge in [-0.25, -0.2) is 0 Å². The minimum absolute atomic E-state index is 0.147. The Morgan fingerprint density at radius 1 is 0.381 bits per heavy atom. The third-order valence-electron chi connectivity index (χ3n) is 10.7. The van der Waals surface area contributed by atoms with E-state index in [0.717, 1.165) is 67.5 Å². The highest BCUT2D eigenvalue weighted by Crippen LogP contribution is 2.51. The molecule has 0 saturated carbocycles. The van der Waals surface area contributed by atoms with Crippen LogP contribution in [0.25, 0.3) is 0 Å². The van der Waals surface area contributed by atoms with Crippen molar-refractivity contribution >= 4 is 17.2 Å². The van der Waals surface area contributed by atoms with Crippen molar-refractivity contribution in [3.63, 3.8) is 0 Å². The molecule has 0 aliphatic carbocycles. The SMILES string of the molecule is Cc1cccc(C(C)(C)C)c1OP(OCC(C)OCC(C)OCC(C)OP(Oc1c(C)cccc1C(C)(C)C)Oc1c(C)cccc1C(C)(C)C)Oc1c(C)cccc1C(C)(C)C. The molecule has 10 heteroatoms. The fourth-order valence-electron chi connectivity index (χ4n) is 6.93. The van der Waals surface area contributed by atoms with Crippen molar-refractivity contribution < 1.29 is 36.6 Å². The highest BCUT2D eigenvalue weighted by molar-refractivity contribution is 7.42. The Kier molecular flexibility index (Phi) is 18.2. The molecule has 8 nitrogen and oxygen atoms in total. The molecule has 0 saturated heterocycles. The number of rotatable bonds is 19. The molecule has 3 atom stereocenters. The molecule has 63 heavy (non-hydrogen) atoms. The first-order valence-corrected chi connectivity index (χ1v) is 24.6. The van der Waals surface area contributed by atoms with Crippen LogP contribution in [0.5, 0.6) is 23.0 Å². The summed E-state index contributed by atoms with van der Waals surface area (Å²) in [5, 5.41) is 0. The van der Waals surface area contributed by atoms with Crippen molar-refractivity contribution in [3.05, 3.63) is 117 Å². The van der Waals surface area contributed by atoms with E-state index in [0.29, 0.717) is 13.2 Å². The third kappa shape index (κ3) is 15.2. The van der Waals surface area contributed by atoms with Crippen LogP contribution >= 0.6 is 17.2 Å². The first-order chi connectivity index (χ1) is 29.2. The molecule has 4 rings (SSSR count). The molecular formula is C53H78O8P2. The van der Waals surface area contributed by atoms with E-state index in [2.05, 4.69) is 184 Å². The Labute approximate surface area is 384 Å². The smallest absolute Gasteiger partial charge is 0.417 e. The molecular weight excluding hydrogens is 827 g/mol. The quantitative estimate of drug-likeness (QED) is 0.0862. The first-order valence-electron chi connectivity index (χ1n) is 22.4. The van der Waals surface area contributed by atoms with Crippen molar-refractivity contribution in [3.8, 4) is 23.0 Å². The van der Waals surface area contributed by atoms with E-state index < -0.39 is 17.2 Å². The largest absolute Gasteiger partial charge is 0.463 e. The van der Waals surface area contributed by atoms with Gasteiger partial charge in [-0.05, 0) is 92.4 Å². The van der Waals surface area contributed by atoms with E-state index in [-0.39, 0.29) is 46.6 Å². The second-order valence-corrected chi connectivity index (χ2v) is 23.2. The zero-order valence-electron chi connectivity index (χ0n) is 41.9. The molecule has 0 N–H and O–H groups in total. The summed E-state index contributed by atoms with van der Waals surface area (Å²) in [5.41, 5.74) is 7.88. The molecule has 0 aromatic heterocycles. The van der Waals surface area contributed by atoms with Gasteiger partial charge in [0, 0.05) is 22.3 Å². The number of ether oxygens (including phenoxy) is 2. The van der Waals surface area contributed by atoms with E-state index in [1.807, 2.05) is 20.8 Å². The predicted molar refractivity (Wildman–Crippen MR) is 263 cm³/mol. The molecule has 0 fully saturated rings. The summed E-state index contributed by atoms with van der Waals surface area (Å²) < 4.78 is 52.8. The van der Waals surface area contributed by atoms with Gasteiger partial charge in [-0.2, -0.15) is 0 Å². The van der Waals surface area contributed by atoms with E-state index in [4.69, 9.17) is 36.6 Å². The maximum Gasteiger partial charge on any atom is 0.463 e. The Balaban J connectivity index is 1.45. The third-order valence-corrected chi connectivity index (χ3v) is 12.9. The second kappa shape index (κ2) is 21.8. The van der Waals surface area contributed by atoms with Crippen LogP contribution in [0.3, 0.4) is 0 Å². The lowest BCUT2D eigenvalue weighted by Gasteiger charge is -2.30. The summed E-state index contributed by atoms with van der Waals surface area (Å²) in [6.07, 6.45) is -0.845. The predicted octanol–water partition coefficient (Wildman–Crippen LogP) is 15.4. The number of aryl methyl sites for hydroxylation is 4. The van der Waals surface area contributed by atoms with E-state index >= 15 is 0 Å². The summed E-state index contributed by atoms with van der Waals surface area (Å²) in [6, 6.07) is 25.0.